The Morgan fingerprint density at radius 2 is 1.67 bits per heavy atom. The molecule has 1 aliphatic rings. The molecule has 2 aromatic rings. The first kappa shape index (κ1) is 21.8. The highest BCUT2D eigenvalue weighted by atomic mass is 19.1. The molecule has 1 saturated heterocycles. The second-order valence-corrected chi connectivity index (χ2v) is 7.37. The SMILES string of the molecule is O=C(Cc1cccc(F)c1)NCCNC(=O)N1CCC(OCc2ccccc2)CC1. The van der Waals surface area contributed by atoms with E-state index in [0.717, 1.165) is 18.4 Å². The lowest BCUT2D eigenvalue weighted by Gasteiger charge is -2.32. The molecule has 0 atom stereocenters. The molecule has 30 heavy (non-hydrogen) atoms. The van der Waals surface area contributed by atoms with Crippen molar-refractivity contribution in [2.24, 2.45) is 0 Å². The molecule has 3 amide bonds. The smallest absolute Gasteiger partial charge is 0.317 e. The van der Waals surface area contributed by atoms with Gasteiger partial charge in [-0.1, -0.05) is 42.5 Å². The fourth-order valence-electron chi connectivity index (χ4n) is 3.39. The molecule has 160 valence electrons. The summed E-state index contributed by atoms with van der Waals surface area (Å²) in [6.07, 6.45) is 1.90. The first-order valence-electron chi connectivity index (χ1n) is 10.3. The van der Waals surface area contributed by atoms with E-state index in [-0.39, 0.29) is 30.3 Å². The first-order chi connectivity index (χ1) is 14.6. The van der Waals surface area contributed by atoms with Crippen LogP contribution >= 0.6 is 0 Å². The predicted molar refractivity (Wildman–Crippen MR) is 112 cm³/mol. The summed E-state index contributed by atoms with van der Waals surface area (Å²) >= 11 is 0. The molecule has 7 heteroatoms. The van der Waals surface area contributed by atoms with Gasteiger partial charge in [-0.15, -0.1) is 0 Å². The van der Waals surface area contributed by atoms with E-state index in [1.54, 1.807) is 17.0 Å². The van der Waals surface area contributed by atoms with Gasteiger partial charge in [-0.25, -0.2) is 9.18 Å². The van der Waals surface area contributed by atoms with Gasteiger partial charge in [0, 0.05) is 26.2 Å². The van der Waals surface area contributed by atoms with Crippen LogP contribution in [0.4, 0.5) is 9.18 Å². The molecule has 1 fully saturated rings. The van der Waals surface area contributed by atoms with Gasteiger partial charge >= 0.3 is 6.03 Å². The average Bonchev–Trinajstić information content (AvgIpc) is 2.76. The summed E-state index contributed by atoms with van der Waals surface area (Å²) in [6, 6.07) is 15.9. The largest absolute Gasteiger partial charge is 0.373 e. The number of nitrogens with zero attached hydrogens (tertiary/aromatic N) is 1. The number of benzene rings is 2. The minimum absolute atomic E-state index is 0.113. The highest BCUT2D eigenvalue weighted by Gasteiger charge is 2.23. The quantitative estimate of drug-likeness (QED) is 0.654. The highest BCUT2D eigenvalue weighted by Crippen LogP contribution is 2.15. The fraction of sp³-hybridized carbons (Fsp3) is 0.391. The predicted octanol–water partition coefficient (Wildman–Crippen LogP) is 2.88. The van der Waals surface area contributed by atoms with E-state index in [1.807, 2.05) is 30.3 Å². The minimum Gasteiger partial charge on any atom is -0.373 e. The lowest BCUT2D eigenvalue weighted by atomic mass is 10.1. The molecule has 3 rings (SSSR count). The van der Waals surface area contributed by atoms with E-state index in [0.29, 0.717) is 38.3 Å². The maximum atomic E-state index is 13.1. The molecule has 2 N–H and O–H groups in total. The number of hydrogen-bond donors (Lipinski definition) is 2. The lowest BCUT2D eigenvalue weighted by molar-refractivity contribution is -0.120. The maximum absolute atomic E-state index is 13.1. The van der Waals surface area contributed by atoms with Crippen molar-refractivity contribution < 1.29 is 18.7 Å². The minimum atomic E-state index is -0.359. The summed E-state index contributed by atoms with van der Waals surface area (Å²) in [7, 11) is 0. The molecule has 0 unspecified atom stereocenters. The van der Waals surface area contributed by atoms with Crippen LogP contribution in [0, 0.1) is 5.82 Å². The monoisotopic (exact) mass is 413 g/mol. The van der Waals surface area contributed by atoms with Crippen LogP contribution in [0.2, 0.25) is 0 Å². The Morgan fingerprint density at radius 1 is 0.967 bits per heavy atom. The van der Waals surface area contributed by atoms with Crippen LogP contribution in [0.3, 0.4) is 0 Å². The summed E-state index contributed by atoms with van der Waals surface area (Å²) in [5.41, 5.74) is 1.77. The van der Waals surface area contributed by atoms with E-state index < -0.39 is 0 Å². The van der Waals surface area contributed by atoms with Crippen molar-refractivity contribution in [1.29, 1.82) is 0 Å². The van der Waals surface area contributed by atoms with Crippen LogP contribution < -0.4 is 10.6 Å². The maximum Gasteiger partial charge on any atom is 0.317 e. The van der Waals surface area contributed by atoms with Crippen molar-refractivity contribution in [1.82, 2.24) is 15.5 Å². The van der Waals surface area contributed by atoms with Crippen molar-refractivity contribution in [3.05, 3.63) is 71.5 Å². The summed E-state index contributed by atoms with van der Waals surface area (Å²) < 4.78 is 19.1. The van der Waals surface area contributed by atoms with Gasteiger partial charge in [0.25, 0.3) is 0 Å². The number of ether oxygens (including phenoxy) is 1. The Labute approximate surface area is 176 Å². The Hall–Kier alpha value is -2.93. The third kappa shape index (κ3) is 7.15. The summed E-state index contributed by atoms with van der Waals surface area (Å²) in [4.78, 5) is 26.0. The Morgan fingerprint density at radius 3 is 2.40 bits per heavy atom. The number of piperidine rings is 1. The molecule has 0 bridgehead atoms. The molecular formula is C23H28FN3O3. The van der Waals surface area contributed by atoms with Crippen molar-refractivity contribution in [2.75, 3.05) is 26.2 Å². The van der Waals surface area contributed by atoms with Gasteiger partial charge in [0.15, 0.2) is 0 Å². The van der Waals surface area contributed by atoms with E-state index >= 15 is 0 Å². The molecule has 0 aliphatic carbocycles. The second-order valence-electron chi connectivity index (χ2n) is 7.37. The van der Waals surface area contributed by atoms with Gasteiger partial charge in [-0.2, -0.15) is 0 Å². The summed E-state index contributed by atoms with van der Waals surface area (Å²) in [6.45, 7) is 2.57. The fourth-order valence-corrected chi connectivity index (χ4v) is 3.39. The molecule has 0 aromatic heterocycles. The molecule has 0 radical (unpaired) electrons. The third-order valence-corrected chi connectivity index (χ3v) is 5.03. The summed E-state index contributed by atoms with van der Waals surface area (Å²) in [5.74, 6) is -0.562. The number of amides is 3. The number of carbonyl (C=O) groups excluding carboxylic acids is 2. The lowest BCUT2D eigenvalue weighted by Crippen LogP contribution is -2.47. The van der Waals surface area contributed by atoms with Crippen LogP contribution in [-0.2, 0) is 22.6 Å². The number of nitrogens with one attached hydrogen (secondary N) is 2. The van der Waals surface area contributed by atoms with Crippen LogP contribution in [0.25, 0.3) is 0 Å². The molecule has 2 aromatic carbocycles. The van der Waals surface area contributed by atoms with E-state index in [9.17, 15) is 14.0 Å². The van der Waals surface area contributed by atoms with Crippen LogP contribution in [0.1, 0.15) is 24.0 Å². The van der Waals surface area contributed by atoms with Gasteiger partial charge in [0.2, 0.25) is 5.91 Å². The van der Waals surface area contributed by atoms with E-state index in [1.165, 1.54) is 12.1 Å². The van der Waals surface area contributed by atoms with Gasteiger partial charge in [0.1, 0.15) is 5.82 Å². The highest BCUT2D eigenvalue weighted by molar-refractivity contribution is 5.78. The zero-order valence-corrected chi connectivity index (χ0v) is 17.0. The average molecular weight is 413 g/mol. The van der Waals surface area contributed by atoms with Crippen molar-refractivity contribution in [3.63, 3.8) is 0 Å². The van der Waals surface area contributed by atoms with E-state index in [4.69, 9.17) is 4.74 Å². The normalized spacial score (nSPS) is 14.4. The van der Waals surface area contributed by atoms with Crippen molar-refractivity contribution in [3.8, 4) is 0 Å². The topological polar surface area (TPSA) is 70.7 Å². The molecule has 1 aliphatic heterocycles. The van der Waals surface area contributed by atoms with Crippen molar-refractivity contribution in [2.45, 2.75) is 32.0 Å². The molecule has 1 heterocycles. The summed E-state index contributed by atoms with van der Waals surface area (Å²) in [5, 5.41) is 5.56. The second kappa shape index (κ2) is 11.3. The number of halogens is 1. The van der Waals surface area contributed by atoms with Gasteiger partial charge in [0.05, 0.1) is 19.1 Å². The molecule has 0 spiro atoms. The zero-order valence-electron chi connectivity index (χ0n) is 17.0. The van der Waals surface area contributed by atoms with Gasteiger partial charge in [-0.05, 0) is 36.1 Å². The molecule has 6 nitrogen and oxygen atoms in total. The molecular weight excluding hydrogens is 385 g/mol. The number of hydrogen-bond acceptors (Lipinski definition) is 3. The van der Waals surface area contributed by atoms with Crippen LogP contribution in [0.15, 0.2) is 54.6 Å². The Bertz CT molecular complexity index is 823. The van der Waals surface area contributed by atoms with E-state index in [2.05, 4.69) is 10.6 Å². The van der Waals surface area contributed by atoms with Crippen LogP contribution in [-0.4, -0.2) is 49.1 Å². The number of carbonyl (C=O) groups is 2. The van der Waals surface area contributed by atoms with Crippen molar-refractivity contribution >= 4 is 11.9 Å². The van der Waals surface area contributed by atoms with Crippen LogP contribution in [0.5, 0.6) is 0 Å². The Balaban J connectivity index is 1.27. The number of urea groups is 1. The van der Waals surface area contributed by atoms with Gasteiger partial charge < -0.3 is 20.3 Å². The first-order valence-corrected chi connectivity index (χ1v) is 10.3. The third-order valence-electron chi connectivity index (χ3n) is 5.03. The zero-order chi connectivity index (χ0) is 21.2. The Kier molecular flexibility index (Phi) is 8.20. The number of rotatable bonds is 8. The van der Waals surface area contributed by atoms with Gasteiger partial charge in [-0.3, -0.25) is 4.79 Å². The number of likely N-dealkylation sites (tertiary alicyclic amines) is 1. The standard InChI is InChI=1S/C23H28FN3O3/c24-20-8-4-7-19(15-20)16-22(28)25-11-12-26-23(29)27-13-9-21(10-14-27)30-17-18-5-2-1-3-6-18/h1-8,15,21H,9-14,16-17H2,(H,25,28)(H,26,29). The molecule has 0 saturated carbocycles.